The largest absolute Gasteiger partial charge is 0.468 e. The highest BCUT2D eigenvalue weighted by Gasteiger charge is 2.13. The van der Waals surface area contributed by atoms with Crippen LogP contribution in [0.3, 0.4) is 0 Å². The predicted octanol–water partition coefficient (Wildman–Crippen LogP) is 2.69. The summed E-state index contributed by atoms with van der Waals surface area (Å²) in [7, 11) is -3.54. The number of thioether (sulfide) groups is 1. The molecule has 2 aromatic rings. The van der Waals surface area contributed by atoms with Gasteiger partial charge in [-0.1, -0.05) is 12.1 Å². The Balaban J connectivity index is 1.81. The lowest BCUT2D eigenvalue weighted by Gasteiger charge is -2.07. The van der Waals surface area contributed by atoms with E-state index < -0.39 is 10.0 Å². The third-order valence-electron chi connectivity index (χ3n) is 2.93. The third kappa shape index (κ3) is 4.72. The molecule has 1 N–H and O–H groups in total. The van der Waals surface area contributed by atoms with Gasteiger partial charge in [-0.3, -0.25) is 4.79 Å². The second-order valence-electron chi connectivity index (χ2n) is 4.61. The maximum Gasteiger partial charge on any atom is 0.240 e. The molecular formula is C15H17NO4S2. The van der Waals surface area contributed by atoms with Gasteiger partial charge in [-0.15, -0.1) is 0 Å². The van der Waals surface area contributed by atoms with E-state index in [0.717, 1.165) is 5.76 Å². The summed E-state index contributed by atoms with van der Waals surface area (Å²) in [5.41, 5.74) is 0.493. The van der Waals surface area contributed by atoms with E-state index >= 15 is 0 Å². The first-order chi connectivity index (χ1) is 10.5. The lowest BCUT2D eigenvalue weighted by molar-refractivity contribution is 0.101. The van der Waals surface area contributed by atoms with Gasteiger partial charge in [0.15, 0.2) is 5.78 Å². The number of ketones is 1. The average molecular weight is 339 g/mol. The molecule has 1 aromatic heterocycles. The number of rotatable bonds is 8. The highest BCUT2D eigenvalue weighted by molar-refractivity contribution is 7.98. The molecule has 0 radical (unpaired) electrons. The van der Waals surface area contributed by atoms with E-state index in [4.69, 9.17) is 4.42 Å². The highest BCUT2D eigenvalue weighted by atomic mass is 32.2. The number of carbonyl (C=O) groups excluding carboxylic acids is 1. The third-order valence-corrected chi connectivity index (χ3v) is 5.39. The van der Waals surface area contributed by atoms with Crippen LogP contribution in [0.5, 0.6) is 0 Å². The first-order valence-corrected chi connectivity index (χ1v) is 9.33. The normalized spacial score (nSPS) is 11.5. The quantitative estimate of drug-likeness (QED) is 0.591. The first kappa shape index (κ1) is 16.8. The Morgan fingerprint density at radius 2 is 1.95 bits per heavy atom. The van der Waals surface area contributed by atoms with Crippen molar-refractivity contribution in [2.24, 2.45) is 0 Å². The number of hydrogen-bond acceptors (Lipinski definition) is 5. The van der Waals surface area contributed by atoms with Gasteiger partial charge < -0.3 is 4.42 Å². The van der Waals surface area contributed by atoms with E-state index in [-0.39, 0.29) is 10.7 Å². The molecule has 1 heterocycles. The zero-order valence-corrected chi connectivity index (χ0v) is 13.7. The van der Waals surface area contributed by atoms with E-state index in [1.807, 2.05) is 12.1 Å². The predicted molar refractivity (Wildman–Crippen MR) is 86.5 cm³/mol. The summed E-state index contributed by atoms with van der Waals surface area (Å²) in [6.07, 6.45) is 1.61. The summed E-state index contributed by atoms with van der Waals surface area (Å²) in [5, 5.41) is 0. The van der Waals surface area contributed by atoms with Crippen LogP contribution in [0, 0.1) is 0 Å². The lowest BCUT2D eigenvalue weighted by Crippen LogP contribution is -2.26. The maximum atomic E-state index is 12.1. The molecule has 0 amide bonds. The van der Waals surface area contributed by atoms with Crippen molar-refractivity contribution < 1.29 is 17.6 Å². The van der Waals surface area contributed by atoms with E-state index in [2.05, 4.69) is 4.72 Å². The van der Waals surface area contributed by atoms with Gasteiger partial charge in [0.25, 0.3) is 0 Å². The summed E-state index contributed by atoms with van der Waals surface area (Å²) in [6, 6.07) is 9.62. The molecular weight excluding hydrogens is 322 g/mol. The van der Waals surface area contributed by atoms with Gasteiger partial charge in [0, 0.05) is 17.9 Å². The van der Waals surface area contributed by atoms with Crippen molar-refractivity contribution in [2.75, 3.05) is 12.3 Å². The number of nitrogens with one attached hydrogen (secondary N) is 1. The minimum Gasteiger partial charge on any atom is -0.468 e. The van der Waals surface area contributed by atoms with Crippen molar-refractivity contribution in [3.05, 3.63) is 54.0 Å². The van der Waals surface area contributed by atoms with E-state index in [1.54, 1.807) is 18.0 Å². The van der Waals surface area contributed by atoms with Gasteiger partial charge in [0.1, 0.15) is 5.76 Å². The Hall–Kier alpha value is -1.57. The van der Waals surface area contributed by atoms with Crippen molar-refractivity contribution in [2.45, 2.75) is 17.6 Å². The number of sulfonamides is 1. The van der Waals surface area contributed by atoms with Crippen LogP contribution in [0.15, 0.2) is 52.0 Å². The molecule has 22 heavy (non-hydrogen) atoms. The van der Waals surface area contributed by atoms with E-state index in [0.29, 0.717) is 23.6 Å². The zero-order chi connectivity index (χ0) is 16.0. The summed E-state index contributed by atoms with van der Waals surface area (Å²) >= 11 is 1.59. The second-order valence-corrected chi connectivity index (χ2v) is 7.48. The van der Waals surface area contributed by atoms with Gasteiger partial charge in [-0.05, 0) is 31.2 Å². The highest BCUT2D eigenvalue weighted by Crippen LogP contribution is 2.13. The Labute approximate surface area is 134 Å². The topological polar surface area (TPSA) is 76.4 Å². The van der Waals surface area contributed by atoms with Crippen molar-refractivity contribution in [1.29, 1.82) is 0 Å². The molecule has 7 heteroatoms. The standard InChI is InChI=1S/C15H17NO4S2/c1-12(17)13-4-6-15(7-5-13)22(18,19)16-8-10-21-11-14-3-2-9-20-14/h2-7,9,16H,8,10-11H2,1H3. The zero-order valence-electron chi connectivity index (χ0n) is 12.1. The molecule has 0 fully saturated rings. The Bertz CT molecular complexity index is 707. The van der Waals surface area contributed by atoms with Gasteiger partial charge in [-0.2, -0.15) is 11.8 Å². The maximum absolute atomic E-state index is 12.1. The summed E-state index contributed by atoms with van der Waals surface area (Å²) in [5.74, 6) is 2.13. The molecule has 5 nitrogen and oxygen atoms in total. The molecule has 0 aliphatic carbocycles. The summed E-state index contributed by atoms with van der Waals surface area (Å²) in [6.45, 7) is 1.78. The van der Waals surface area contributed by atoms with Gasteiger partial charge in [0.2, 0.25) is 10.0 Å². The van der Waals surface area contributed by atoms with Gasteiger partial charge in [-0.25, -0.2) is 13.1 Å². The van der Waals surface area contributed by atoms with Crippen LogP contribution in [-0.4, -0.2) is 26.5 Å². The van der Waals surface area contributed by atoms with Crippen LogP contribution < -0.4 is 4.72 Å². The minimum atomic E-state index is -3.54. The Kier molecular flexibility index (Phi) is 5.82. The molecule has 0 spiro atoms. The number of carbonyl (C=O) groups is 1. The lowest BCUT2D eigenvalue weighted by atomic mass is 10.2. The van der Waals surface area contributed by atoms with Crippen molar-refractivity contribution in [3.8, 4) is 0 Å². The Morgan fingerprint density at radius 3 is 2.55 bits per heavy atom. The van der Waals surface area contributed by atoms with E-state index in [9.17, 15) is 13.2 Å². The molecule has 1 aromatic carbocycles. The molecule has 2 rings (SSSR count). The van der Waals surface area contributed by atoms with Crippen LogP contribution in [0.4, 0.5) is 0 Å². The van der Waals surface area contributed by atoms with Gasteiger partial charge in [0.05, 0.1) is 16.9 Å². The molecule has 0 aliphatic heterocycles. The summed E-state index contributed by atoms with van der Waals surface area (Å²) in [4.78, 5) is 11.3. The molecule has 0 aliphatic rings. The van der Waals surface area contributed by atoms with Crippen molar-refractivity contribution >= 4 is 27.6 Å². The molecule has 0 bridgehead atoms. The molecule has 118 valence electrons. The SMILES string of the molecule is CC(=O)c1ccc(S(=O)(=O)NCCSCc2ccco2)cc1. The van der Waals surface area contributed by atoms with Crippen LogP contribution in [0.1, 0.15) is 23.0 Å². The van der Waals surface area contributed by atoms with Crippen LogP contribution >= 0.6 is 11.8 Å². The fraction of sp³-hybridized carbons (Fsp3) is 0.267. The second kappa shape index (κ2) is 7.62. The average Bonchev–Trinajstić information content (AvgIpc) is 3.00. The van der Waals surface area contributed by atoms with E-state index in [1.165, 1.54) is 31.2 Å². The minimum absolute atomic E-state index is 0.0915. The number of hydrogen-bond donors (Lipinski definition) is 1. The summed E-state index contributed by atoms with van der Waals surface area (Å²) < 4.78 is 31.9. The number of Topliss-reactive ketones (excluding diaryl/α,β-unsaturated/α-hetero) is 1. The van der Waals surface area contributed by atoms with Gasteiger partial charge >= 0.3 is 0 Å². The van der Waals surface area contributed by atoms with Crippen molar-refractivity contribution in [1.82, 2.24) is 4.72 Å². The van der Waals surface area contributed by atoms with Crippen molar-refractivity contribution in [3.63, 3.8) is 0 Å². The van der Waals surface area contributed by atoms with Crippen LogP contribution in [0.25, 0.3) is 0 Å². The fourth-order valence-electron chi connectivity index (χ4n) is 1.77. The monoisotopic (exact) mass is 339 g/mol. The number of benzene rings is 1. The van der Waals surface area contributed by atoms with Crippen LogP contribution in [0.2, 0.25) is 0 Å². The Morgan fingerprint density at radius 1 is 1.23 bits per heavy atom. The molecule has 0 atom stereocenters. The molecule has 0 unspecified atom stereocenters. The molecule has 0 saturated carbocycles. The van der Waals surface area contributed by atoms with Crippen LogP contribution in [-0.2, 0) is 15.8 Å². The fourth-order valence-corrected chi connectivity index (χ4v) is 3.69. The first-order valence-electron chi connectivity index (χ1n) is 6.70. The molecule has 0 saturated heterocycles. The smallest absolute Gasteiger partial charge is 0.240 e. The number of furan rings is 1.